The van der Waals surface area contributed by atoms with Crippen LogP contribution in [0.5, 0.6) is 5.75 Å². The molecule has 0 saturated heterocycles. The quantitative estimate of drug-likeness (QED) is 0.731. The molecule has 0 spiro atoms. The first-order valence-electron chi connectivity index (χ1n) is 4.47. The first-order chi connectivity index (χ1) is 7.24. The van der Waals surface area contributed by atoms with Gasteiger partial charge < -0.3 is 19.3 Å². The van der Waals surface area contributed by atoms with E-state index in [9.17, 15) is 5.11 Å². The van der Waals surface area contributed by atoms with Crippen LogP contribution in [0.4, 0.5) is 0 Å². The molecule has 84 valence electrons. The first kappa shape index (κ1) is 11.9. The molecule has 1 rings (SSSR count). The fourth-order valence-corrected chi connectivity index (χ4v) is 1.28. The van der Waals surface area contributed by atoms with Gasteiger partial charge in [-0.2, -0.15) is 0 Å². The number of rotatable bonds is 5. The summed E-state index contributed by atoms with van der Waals surface area (Å²) in [7, 11) is 4.42. The number of nitrogens with zero attached hydrogens (tertiary/aromatic N) is 1. The number of hydrogen-bond donors (Lipinski definition) is 1. The van der Waals surface area contributed by atoms with Crippen molar-refractivity contribution in [2.45, 2.75) is 12.4 Å². The molecular formula is C10H15NO4. The molecule has 0 aliphatic rings. The summed E-state index contributed by atoms with van der Waals surface area (Å²) in [4.78, 5) is 4.03. The molecule has 0 radical (unpaired) electrons. The maximum absolute atomic E-state index is 9.90. The summed E-state index contributed by atoms with van der Waals surface area (Å²) in [5, 5.41) is 9.90. The zero-order chi connectivity index (χ0) is 11.3. The second kappa shape index (κ2) is 5.65. The lowest BCUT2D eigenvalue weighted by Crippen LogP contribution is -2.24. The molecule has 1 aromatic heterocycles. The Morgan fingerprint density at radius 2 is 1.93 bits per heavy atom. The van der Waals surface area contributed by atoms with Gasteiger partial charge in [0.2, 0.25) is 0 Å². The molecule has 1 heterocycles. The molecular weight excluding hydrogens is 198 g/mol. The van der Waals surface area contributed by atoms with Crippen LogP contribution in [0.25, 0.3) is 0 Å². The van der Waals surface area contributed by atoms with Crippen molar-refractivity contribution in [1.29, 1.82) is 0 Å². The lowest BCUT2D eigenvalue weighted by Gasteiger charge is -2.20. The summed E-state index contributed by atoms with van der Waals surface area (Å²) >= 11 is 0. The molecule has 0 aliphatic carbocycles. The van der Waals surface area contributed by atoms with Crippen molar-refractivity contribution in [2.75, 3.05) is 21.3 Å². The molecule has 0 aromatic carbocycles. The predicted molar refractivity (Wildman–Crippen MR) is 53.6 cm³/mol. The van der Waals surface area contributed by atoms with Crippen LogP contribution < -0.4 is 4.74 Å². The number of aliphatic hydroxyl groups is 1. The Bertz CT molecular complexity index is 301. The molecule has 1 atom stereocenters. The molecule has 0 bridgehead atoms. The molecule has 0 fully saturated rings. The SMILES string of the molecule is COc1cccnc1C(O)C(OC)OC. The Hall–Kier alpha value is -1.17. The van der Waals surface area contributed by atoms with Crippen molar-refractivity contribution in [3.05, 3.63) is 24.0 Å². The number of pyridine rings is 1. The summed E-state index contributed by atoms with van der Waals surface area (Å²) in [6.07, 6.45) is -0.159. The summed E-state index contributed by atoms with van der Waals surface area (Å²) in [6, 6.07) is 3.44. The molecule has 1 aromatic rings. The van der Waals surface area contributed by atoms with Gasteiger partial charge in [0.25, 0.3) is 0 Å². The van der Waals surface area contributed by atoms with Crippen molar-refractivity contribution >= 4 is 0 Å². The average Bonchev–Trinajstić information content (AvgIpc) is 2.30. The molecule has 1 unspecified atom stereocenters. The van der Waals surface area contributed by atoms with E-state index in [1.165, 1.54) is 21.3 Å². The smallest absolute Gasteiger partial charge is 0.188 e. The van der Waals surface area contributed by atoms with Gasteiger partial charge in [0, 0.05) is 20.4 Å². The van der Waals surface area contributed by atoms with Gasteiger partial charge in [-0.1, -0.05) is 0 Å². The minimum absolute atomic E-state index is 0.397. The van der Waals surface area contributed by atoms with Crippen molar-refractivity contribution < 1.29 is 19.3 Å². The van der Waals surface area contributed by atoms with E-state index in [1.807, 2.05) is 0 Å². The molecule has 0 amide bonds. The van der Waals surface area contributed by atoms with E-state index >= 15 is 0 Å². The Labute approximate surface area is 88.6 Å². The van der Waals surface area contributed by atoms with Crippen LogP contribution in [-0.2, 0) is 9.47 Å². The fraction of sp³-hybridized carbons (Fsp3) is 0.500. The molecule has 15 heavy (non-hydrogen) atoms. The maximum Gasteiger partial charge on any atom is 0.188 e. The van der Waals surface area contributed by atoms with Crippen molar-refractivity contribution in [3.63, 3.8) is 0 Å². The summed E-state index contributed by atoms with van der Waals surface area (Å²) < 4.78 is 15.0. The van der Waals surface area contributed by atoms with Crippen LogP contribution in [0.1, 0.15) is 11.8 Å². The van der Waals surface area contributed by atoms with Crippen molar-refractivity contribution in [1.82, 2.24) is 4.98 Å². The van der Waals surface area contributed by atoms with Gasteiger partial charge in [0.15, 0.2) is 12.4 Å². The lowest BCUT2D eigenvalue weighted by atomic mass is 10.2. The highest BCUT2D eigenvalue weighted by Gasteiger charge is 2.24. The largest absolute Gasteiger partial charge is 0.495 e. The van der Waals surface area contributed by atoms with Crippen LogP contribution >= 0.6 is 0 Å². The highest BCUT2D eigenvalue weighted by Crippen LogP contribution is 2.25. The highest BCUT2D eigenvalue weighted by atomic mass is 16.7. The molecule has 1 N–H and O–H groups in total. The van der Waals surface area contributed by atoms with Crippen LogP contribution in [0.2, 0.25) is 0 Å². The zero-order valence-electron chi connectivity index (χ0n) is 9.01. The van der Waals surface area contributed by atoms with Crippen LogP contribution in [-0.4, -0.2) is 37.7 Å². The number of aromatic nitrogens is 1. The maximum atomic E-state index is 9.90. The first-order valence-corrected chi connectivity index (χ1v) is 4.47. The fourth-order valence-electron chi connectivity index (χ4n) is 1.28. The van der Waals surface area contributed by atoms with E-state index in [0.29, 0.717) is 11.4 Å². The number of ether oxygens (including phenoxy) is 3. The van der Waals surface area contributed by atoms with Crippen molar-refractivity contribution in [2.24, 2.45) is 0 Å². The van der Waals surface area contributed by atoms with Gasteiger partial charge in [0.1, 0.15) is 11.4 Å². The van der Waals surface area contributed by atoms with E-state index < -0.39 is 12.4 Å². The number of hydrogen-bond acceptors (Lipinski definition) is 5. The molecule has 5 nitrogen and oxygen atoms in total. The Morgan fingerprint density at radius 3 is 2.47 bits per heavy atom. The van der Waals surface area contributed by atoms with Gasteiger partial charge in [-0.05, 0) is 12.1 Å². The third-order valence-corrected chi connectivity index (χ3v) is 2.02. The second-order valence-corrected chi connectivity index (χ2v) is 2.88. The van der Waals surface area contributed by atoms with E-state index in [2.05, 4.69) is 4.98 Å². The number of aliphatic hydroxyl groups excluding tert-OH is 1. The topological polar surface area (TPSA) is 60.8 Å². The number of methoxy groups -OCH3 is 3. The normalized spacial score (nSPS) is 12.9. The van der Waals surface area contributed by atoms with E-state index in [0.717, 1.165) is 0 Å². The monoisotopic (exact) mass is 213 g/mol. The molecule has 0 aliphatic heterocycles. The highest BCUT2D eigenvalue weighted by molar-refractivity contribution is 5.28. The Morgan fingerprint density at radius 1 is 1.27 bits per heavy atom. The average molecular weight is 213 g/mol. The molecule has 0 saturated carbocycles. The van der Waals surface area contributed by atoms with Gasteiger partial charge in [-0.25, -0.2) is 0 Å². The van der Waals surface area contributed by atoms with Gasteiger partial charge in [-0.3, -0.25) is 4.98 Å². The second-order valence-electron chi connectivity index (χ2n) is 2.88. The predicted octanol–water partition coefficient (Wildman–Crippen LogP) is 0.742. The van der Waals surface area contributed by atoms with Crippen LogP contribution in [0.3, 0.4) is 0 Å². The third-order valence-electron chi connectivity index (χ3n) is 2.02. The van der Waals surface area contributed by atoms with E-state index in [4.69, 9.17) is 14.2 Å². The standard InChI is InChI=1S/C10H15NO4/c1-13-7-5-4-6-11-8(7)9(12)10(14-2)15-3/h4-6,9-10,12H,1-3H3. The summed E-state index contributed by atoms with van der Waals surface area (Å²) in [5.41, 5.74) is 0.397. The zero-order valence-corrected chi connectivity index (χ0v) is 9.01. The van der Waals surface area contributed by atoms with Crippen LogP contribution in [0, 0.1) is 0 Å². The third kappa shape index (κ3) is 2.65. The lowest BCUT2D eigenvalue weighted by molar-refractivity contribution is -0.167. The molecule has 5 heteroatoms. The van der Waals surface area contributed by atoms with Crippen molar-refractivity contribution in [3.8, 4) is 5.75 Å². The van der Waals surface area contributed by atoms with Gasteiger partial charge >= 0.3 is 0 Å². The van der Waals surface area contributed by atoms with Gasteiger partial charge in [-0.15, -0.1) is 0 Å². The van der Waals surface area contributed by atoms with Crippen LogP contribution in [0.15, 0.2) is 18.3 Å². The minimum atomic E-state index is -0.976. The van der Waals surface area contributed by atoms with Gasteiger partial charge in [0.05, 0.1) is 7.11 Å². The Balaban J connectivity index is 2.93. The Kier molecular flexibility index (Phi) is 4.48. The van der Waals surface area contributed by atoms with E-state index in [-0.39, 0.29) is 0 Å². The minimum Gasteiger partial charge on any atom is -0.495 e. The summed E-state index contributed by atoms with van der Waals surface area (Å²) in [5.74, 6) is 0.504. The summed E-state index contributed by atoms with van der Waals surface area (Å²) in [6.45, 7) is 0. The van der Waals surface area contributed by atoms with E-state index in [1.54, 1.807) is 18.3 Å².